The van der Waals surface area contributed by atoms with Gasteiger partial charge in [-0.3, -0.25) is 4.79 Å². The van der Waals surface area contributed by atoms with Gasteiger partial charge in [-0.1, -0.05) is 29.8 Å². The van der Waals surface area contributed by atoms with Crippen molar-refractivity contribution in [2.75, 3.05) is 6.61 Å². The predicted octanol–water partition coefficient (Wildman–Crippen LogP) is 4.72. The molecule has 0 heterocycles. The molecule has 1 aliphatic rings. The molecule has 0 spiro atoms. The highest BCUT2D eigenvalue weighted by molar-refractivity contribution is 5.92. The van der Waals surface area contributed by atoms with Crippen LogP contribution in [0, 0.1) is 17.6 Å². The number of rotatable bonds is 5. The van der Waals surface area contributed by atoms with Gasteiger partial charge in [0.15, 0.2) is 11.6 Å². The fourth-order valence-corrected chi connectivity index (χ4v) is 2.78. The van der Waals surface area contributed by atoms with Gasteiger partial charge in [0.05, 0.1) is 13.2 Å². The lowest BCUT2D eigenvalue weighted by molar-refractivity contribution is 0.0816. The van der Waals surface area contributed by atoms with Crippen LogP contribution in [0.2, 0.25) is 0 Å². The number of benzene rings is 2. The van der Waals surface area contributed by atoms with Crippen molar-refractivity contribution in [2.45, 2.75) is 32.8 Å². The predicted molar refractivity (Wildman–Crippen MR) is 104 cm³/mol. The third-order valence-corrected chi connectivity index (χ3v) is 4.55. The smallest absolute Gasteiger partial charge is 0.248 e. The lowest BCUT2D eigenvalue weighted by Crippen LogP contribution is -2.12. The molecule has 0 saturated heterocycles. The number of amides is 1. The Balaban J connectivity index is 0.000000221. The first kappa shape index (κ1) is 21.6. The van der Waals surface area contributed by atoms with Gasteiger partial charge in [-0.2, -0.15) is 0 Å². The summed E-state index contributed by atoms with van der Waals surface area (Å²) in [5.74, 6) is -1.63. The van der Waals surface area contributed by atoms with Gasteiger partial charge in [0.25, 0.3) is 0 Å². The first-order chi connectivity index (χ1) is 13.4. The zero-order chi connectivity index (χ0) is 20.5. The van der Waals surface area contributed by atoms with Crippen LogP contribution in [-0.4, -0.2) is 17.6 Å². The van der Waals surface area contributed by atoms with Crippen LogP contribution in [0.3, 0.4) is 0 Å². The molecule has 0 bridgehead atoms. The Kier molecular flexibility index (Phi) is 8.14. The van der Waals surface area contributed by atoms with E-state index in [1.807, 2.05) is 6.07 Å². The maximum absolute atomic E-state index is 13.3. The Morgan fingerprint density at radius 3 is 2.57 bits per heavy atom. The number of nitrogens with two attached hydrogens (primary N) is 1. The van der Waals surface area contributed by atoms with Crippen LogP contribution in [0.5, 0.6) is 5.75 Å². The summed E-state index contributed by atoms with van der Waals surface area (Å²) >= 11 is 0. The van der Waals surface area contributed by atoms with Gasteiger partial charge >= 0.3 is 0 Å². The minimum Gasteiger partial charge on any atom is -0.505 e. The topological polar surface area (TPSA) is 72.5 Å². The molecule has 1 aliphatic carbocycles. The molecule has 6 heteroatoms. The molecule has 2 aromatic rings. The van der Waals surface area contributed by atoms with Crippen molar-refractivity contribution in [2.24, 2.45) is 11.7 Å². The molecule has 3 rings (SSSR count). The van der Waals surface area contributed by atoms with Crippen LogP contribution in [0.1, 0.15) is 42.1 Å². The second kappa shape index (κ2) is 10.6. The summed E-state index contributed by atoms with van der Waals surface area (Å²) in [4.78, 5) is 10.4. The van der Waals surface area contributed by atoms with Gasteiger partial charge in [0.1, 0.15) is 5.82 Å². The van der Waals surface area contributed by atoms with E-state index < -0.39 is 17.5 Å². The summed E-state index contributed by atoms with van der Waals surface area (Å²) in [6.45, 7) is 3.29. The average Bonchev–Trinajstić information content (AvgIpc) is 2.67. The summed E-state index contributed by atoms with van der Waals surface area (Å²) in [6, 6.07) is 10.0. The van der Waals surface area contributed by atoms with Crippen LogP contribution in [0.4, 0.5) is 8.78 Å². The van der Waals surface area contributed by atoms with E-state index in [1.165, 1.54) is 30.5 Å². The molecule has 28 heavy (non-hydrogen) atoms. The minimum atomic E-state index is -0.846. The highest BCUT2D eigenvalue weighted by Crippen LogP contribution is 2.23. The lowest BCUT2D eigenvalue weighted by atomic mass is 9.91. The quantitative estimate of drug-likeness (QED) is 0.727. The van der Waals surface area contributed by atoms with E-state index in [0.29, 0.717) is 18.1 Å². The van der Waals surface area contributed by atoms with E-state index in [4.69, 9.17) is 15.6 Å². The molecule has 1 amide bonds. The van der Waals surface area contributed by atoms with Gasteiger partial charge in [-0.15, -0.1) is 0 Å². The SMILES string of the molecule is CC1=CCC(COCc2ccccc2F)CC1.NC(=O)c1ccc(O)c(F)c1. The Morgan fingerprint density at radius 1 is 1.21 bits per heavy atom. The fraction of sp³-hybridized carbons (Fsp3) is 0.318. The molecule has 1 atom stereocenters. The molecule has 4 nitrogen and oxygen atoms in total. The molecule has 3 N–H and O–H groups in total. The van der Waals surface area contributed by atoms with Crippen molar-refractivity contribution in [3.63, 3.8) is 0 Å². The second-order valence-electron chi connectivity index (χ2n) is 6.83. The summed E-state index contributed by atoms with van der Waals surface area (Å²) < 4.78 is 31.4. The zero-order valence-electron chi connectivity index (χ0n) is 15.8. The Hall–Kier alpha value is -2.73. The van der Waals surface area contributed by atoms with E-state index in [0.717, 1.165) is 25.2 Å². The van der Waals surface area contributed by atoms with Gasteiger partial charge in [0.2, 0.25) is 5.91 Å². The van der Waals surface area contributed by atoms with Gasteiger partial charge in [-0.25, -0.2) is 8.78 Å². The van der Waals surface area contributed by atoms with Crippen LogP contribution in [-0.2, 0) is 11.3 Å². The first-order valence-corrected chi connectivity index (χ1v) is 9.12. The van der Waals surface area contributed by atoms with Crippen molar-refractivity contribution in [1.82, 2.24) is 0 Å². The van der Waals surface area contributed by atoms with Crippen LogP contribution in [0.15, 0.2) is 54.1 Å². The number of phenols is 1. The number of hydrogen-bond acceptors (Lipinski definition) is 3. The first-order valence-electron chi connectivity index (χ1n) is 9.12. The van der Waals surface area contributed by atoms with Crippen molar-refractivity contribution in [3.8, 4) is 5.75 Å². The molecule has 0 aliphatic heterocycles. The summed E-state index contributed by atoms with van der Waals surface area (Å²) in [6.07, 6.45) is 5.76. The highest BCUT2D eigenvalue weighted by Gasteiger charge is 2.12. The maximum atomic E-state index is 13.3. The fourth-order valence-electron chi connectivity index (χ4n) is 2.78. The molecular weight excluding hydrogens is 364 g/mol. The number of allylic oxidation sites excluding steroid dienone is 2. The normalized spacial score (nSPS) is 16.0. The third-order valence-electron chi connectivity index (χ3n) is 4.55. The largest absolute Gasteiger partial charge is 0.505 e. The molecular formula is C22H25F2NO3. The summed E-state index contributed by atoms with van der Waals surface area (Å²) in [7, 11) is 0. The number of primary amides is 1. The number of hydrogen-bond donors (Lipinski definition) is 2. The molecule has 0 saturated carbocycles. The number of phenolic OH excluding ortho intramolecular Hbond substituents is 1. The standard InChI is InChI=1S/C15H19FO.C7H6FNO2/c1-12-6-8-13(9-7-12)10-17-11-14-4-2-3-5-15(14)16;8-5-3-4(7(9)11)1-2-6(5)10/h2-6,13H,7-11H2,1H3;1-3,10H,(H2,9,11). The second-order valence-corrected chi connectivity index (χ2v) is 6.83. The lowest BCUT2D eigenvalue weighted by Gasteiger charge is -2.20. The van der Waals surface area contributed by atoms with Crippen molar-refractivity contribution >= 4 is 5.91 Å². The number of carbonyl (C=O) groups excluding carboxylic acids is 1. The summed E-state index contributed by atoms with van der Waals surface area (Å²) in [5, 5.41) is 8.70. The molecule has 2 aromatic carbocycles. The van der Waals surface area contributed by atoms with Crippen LogP contribution >= 0.6 is 0 Å². The number of halogens is 2. The van der Waals surface area contributed by atoms with Crippen molar-refractivity contribution in [1.29, 1.82) is 0 Å². The van der Waals surface area contributed by atoms with Gasteiger partial charge < -0.3 is 15.6 Å². The molecule has 1 unspecified atom stereocenters. The van der Waals surface area contributed by atoms with Crippen molar-refractivity contribution < 1.29 is 23.4 Å². The third kappa shape index (κ3) is 6.78. The maximum Gasteiger partial charge on any atom is 0.248 e. The van der Waals surface area contributed by atoms with Crippen molar-refractivity contribution in [3.05, 3.63) is 76.9 Å². The number of aromatic hydroxyl groups is 1. The van der Waals surface area contributed by atoms with E-state index in [-0.39, 0.29) is 11.4 Å². The Morgan fingerprint density at radius 2 is 1.96 bits per heavy atom. The number of carbonyl (C=O) groups is 1. The van der Waals surface area contributed by atoms with E-state index in [1.54, 1.807) is 12.1 Å². The molecule has 0 aromatic heterocycles. The average molecular weight is 389 g/mol. The van der Waals surface area contributed by atoms with Gasteiger partial charge in [0, 0.05) is 11.1 Å². The van der Waals surface area contributed by atoms with Gasteiger partial charge in [-0.05, 0) is 56.4 Å². The molecule has 0 fully saturated rings. The Labute approximate surface area is 163 Å². The minimum absolute atomic E-state index is 0.0419. The van der Waals surface area contributed by atoms with E-state index in [2.05, 4.69) is 13.0 Å². The molecule has 0 radical (unpaired) electrons. The number of ether oxygens (including phenoxy) is 1. The van der Waals surface area contributed by atoms with E-state index in [9.17, 15) is 13.6 Å². The van der Waals surface area contributed by atoms with E-state index >= 15 is 0 Å². The zero-order valence-corrected chi connectivity index (χ0v) is 15.8. The highest BCUT2D eigenvalue weighted by atomic mass is 19.1. The van der Waals surface area contributed by atoms with Crippen LogP contribution in [0.25, 0.3) is 0 Å². The summed E-state index contributed by atoms with van der Waals surface area (Å²) in [5.41, 5.74) is 7.02. The molecule has 150 valence electrons. The monoisotopic (exact) mass is 389 g/mol. The van der Waals surface area contributed by atoms with Crippen LogP contribution < -0.4 is 5.73 Å². The Bertz CT molecular complexity index is 836.